The van der Waals surface area contributed by atoms with Gasteiger partial charge in [-0.05, 0) is 61.3 Å². The van der Waals surface area contributed by atoms with Crippen molar-refractivity contribution in [1.29, 1.82) is 0 Å². The number of ether oxygens (including phenoxy) is 2. The van der Waals surface area contributed by atoms with E-state index in [4.69, 9.17) is 9.47 Å². The molecule has 5 heteroatoms. The summed E-state index contributed by atoms with van der Waals surface area (Å²) < 4.78 is 10.5. The number of anilines is 1. The van der Waals surface area contributed by atoms with Gasteiger partial charge in [0.2, 0.25) is 5.91 Å². The van der Waals surface area contributed by atoms with Crippen molar-refractivity contribution >= 4 is 11.6 Å². The molecule has 1 saturated heterocycles. The lowest BCUT2D eigenvalue weighted by Gasteiger charge is -2.15. The number of amides is 1. The standard InChI is InChI=1S/C21H26N2O3/c1-25-19-10-7-17(13-20(19)26-2)14-21(24)22-18-8-5-16(6-9-18)15-23-11-3-4-12-23/h5-10,13H,3-4,11-12,14-15H2,1-2H3,(H,22,24). The van der Waals surface area contributed by atoms with Gasteiger partial charge in [0.15, 0.2) is 11.5 Å². The maximum atomic E-state index is 12.3. The first kappa shape index (κ1) is 18.3. The number of rotatable bonds is 7. The fraction of sp³-hybridized carbons (Fsp3) is 0.381. The Morgan fingerprint density at radius 2 is 1.62 bits per heavy atom. The number of carbonyl (C=O) groups is 1. The fourth-order valence-corrected chi connectivity index (χ4v) is 3.27. The lowest BCUT2D eigenvalue weighted by atomic mass is 10.1. The van der Waals surface area contributed by atoms with Crippen molar-refractivity contribution in [3.63, 3.8) is 0 Å². The highest BCUT2D eigenvalue weighted by Crippen LogP contribution is 2.27. The van der Waals surface area contributed by atoms with Crippen LogP contribution in [0.4, 0.5) is 5.69 Å². The third-order valence-corrected chi connectivity index (χ3v) is 4.66. The highest BCUT2D eigenvalue weighted by molar-refractivity contribution is 5.92. The van der Waals surface area contributed by atoms with Crippen molar-refractivity contribution < 1.29 is 14.3 Å². The van der Waals surface area contributed by atoms with Gasteiger partial charge in [0.1, 0.15) is 0 Å². The first-order valence-corrected chi connectivity index (χ1v) is 9.00. The first-order chi connectivity index (χ1) is 12.7. The molecule has 0 atom stereocenters. The van der Waals surface area contributed by atoms with E-state index < -0.39 is 0 Å². The number of nitrogens with zero attached hydrogens (tertiary/aromatic N) is 1. The minimum Gasteiger partial charge on any atom is -0.493 e. The van der Waals surface area contributed by atoms with E-state index >= 15 is 0 Å². The Morgan fingerprint density at radius 1 is 0.962 bits per heavy atom. The summed E-state index contributed by atoms with van der Waals surface area (Å²) in [5.41, 5.74) is 2.98. The van der Waals surface area contributed by atoms with Crippen molar-refractivity contribution in [2.45, 2.75) is 25.8 Å². The molecule has 1 N–H and O–H groups in total. The Hall–Kier alpha value is -2.53. The van der Waals surface area contributed by atoms with Gasteiger partial charge in [-0.2, -0.15) is 0 Å². The van der Waals surface area contributed by atoms with Gasteiger partial charge in [-0.15, -0.1) is 0 Å². The molecule has 1 heterocycles. The van der Waals surface area contributed by atoms with Crippen molar-refractivity contribution in [2.24, 2.45) is 0 Å². The summed E-state index contributed by atoms with van der Waals surface area (Å²) in [7, 11) is 3.18. The third-order valence-electron chi connectivity index (χ3n) is 4.66. The molecule has 0 spiro atoms. The number of carbonyl (C=O) groups excluding carboxylic acids is 1. The molecule has 138 valence electrons. The van der Waals surface area contributed by atoms with E-state index in [-0.39, 0.29) is 12.3 Å². The van der Waals surface area contributed by atoms with Crippen LogP contribution in [0.3, 0.4) is 0 Å². The molecule has 1 amide bonds. The van der Waals surface area contributed by atoms with Gasteiger partial charge in [0.05, 0.1) is 20.6 Å². The Kier molecular flexibility index (Phi) is 6.12. The highest BCUT2D eigenvalue weighted by Gasteiger charge is 2.12. The van der Waals surface area contributed by atoms with Gasteiger partial charge in [-0.1, -0.05) is 18.2 Å². The monoisotopic (exact) mass is 354 g/mol. The summed E-state index contributed by atoms with van der Waals surface area (Å²) in [6.07, 6.45) is 2.88. The van der Waals surface area contributed by atoms with Crippen molar-refractivity contribution in [3.05, 3.63) is 53.6 Å². The van der Waals surface area contributed by atoms with E-state index in [1.807, 2.05) is 30.3 Å². The molecule has 0 aromatic heterocycles. The van der Waals surface area contributed by atoms with Crippen LogP contribution in [-0.4, -0.2) is 38.1 Å². The van der Waals surface area contributed by atoms with Gasteiger partial charge >= 0.3 is 0 Å². The zero-order valence-corrected chi connectivity index (χ0v) is 15.5. The molecule has 0 aliphatic carbocycles. The number of likely N-dealkylation sites (tertiary alicyclic amines) is 1. The van der Waals surface area contributed by atoms with Crippen LogP contribution in [0.1, 0.15) is 24.0 Å². The van der Waals surface area contributed by atoms with Gasteiger partial charge < -0.3 is 14.8 Å². The number of nitrogens with one attached hydrogen (secondary N) is 1. The molecule has 0 radical (unpaired) electrons. The number of hydrogen-bond donors (Lipinski definition) is 1. The Morgan fingerprint density at radius 3 is 2.27 bits per heavy atom. The van der Waals surface area contributed by atoms with Crippen molar-refractivity contribution in [3.8, 4) is 11.5 Å². The molecule has 5 nitrogen and oxygen atoms in total. The Balaban J connectivity index is 1.56. The smallest absolute Gasteiger partial charge is 0.228 e. The van der Waals surface area contributed by atoms with Crippen molar-refractivity contribution in [1.82, 2.24) is 4.90 Å². The van der Waals surface area contributed by atoms with Crippen molar-refractivity contribution in [2.75, 3.05) is 32.6 Å². The fourth-order valence-electron chi connectivity index (χ4n) is 3.27. The average Bonchev–Trinajstić information content (AvgIpc) is 3.16. The predicted octanol–water partition coefficient (Wildman–Crippen LogP) is 3.48. The van der Waals surface area contributed by atoms with E-state index in [1.54, 1.807) is 14.2 Å². The number of methoxy groups -OCH3 is 2. The zero-order valence-electron chi connectivity index (χ0n) is 15.5. The van der Waals surface area contributed by atoms with Gasteiger partial charge in [-0.3, -0.25) is 9.69 Å². The van der Waals surface area contributed by atoms with Crippen LogP contribution >= 0.6 is 0 Å². The molecule has 2 aromatic rings. The van der Waals surface area contributed by atoms with Gasteiger partial charge in [0, 0.05) is 12.2 Å². The SMILES string of the molecule is COc1ccc(CC(=O)Nc2ccc(CN3CCCC3)cc2)cc1OC. The van der Waals surface area contributed by atoms with Crippen LogP contribution < -0.4 is 14.8 Å². The average molecular weight is 354 g/mol. The first-order valence-electron chi connectivity index (χ1n) is 9.00. The topological polar surface area (TPSA) is 50.8 Å². The summed E-state index contributed by atoms with van der Waals surface area (Å²) in [4.78, 5) is 14.8. The van der Waals surface area contributed by atoms with Crippen LogP contribution in [0.25, 0.3) is 0 Å². The summed E-state index contributed by atoms with van der Waals surface area (Å²) in [5, 5.41) is 2.95. The summed E-state index contributed by atoms with van der Waals surface area (Å²) in [6, 6.07) is 13.6. The van der Waals surface area contributed by atoms with E-state index in [9.17, 15) is 4.79 Å². The molecule has 3 rings (SSSR count). The van der Waals surface area contributed by atoms with E-state index in [0.717, 1.165) is 17.8 Å². The molecule has 0 bridgehead atoms. The van der Waals surface area contributed by atoms with Gasteiger partial charge in [0.25, 0.3) is 0 Å². The lowest BCUT2D eigenvalue weighted by molar-refractivity contribution is -0.115. The van der Waals surface area contributed by atoms with Crippen LogP contribution in [-0.2, 0) is 17.8 Å². The highest BCUT2D eigenvalue weighted by atomic mass is 16.5. The molecular formula is C21H26N2O3. The number of benzene rings is 2. The molecule has 0 unspecified atom stereocenters. The summed E-state index contributed by atoms with van der Waals surface area (Å²) >= 11 is 0. The second-order valence-corrected chi connectivity index (χ2v) is 6.59. The molecule has 1 fully saturated rings. The van der Waals surface area contributed by atoms with Gasteiger partial charge in [-0.25, -0.2) is 0 Å². The molecule has 26 heavy (non-hydrogen) atoms. The Bertz CT molecular complexity index is 737. The minimum atomic E-state index is -0.0514. The minimum absolute atomic E-state index is 0.0514. The van der Waals surface area contributed by atoms with E-state index in [1.165, 1.54) is 31.5 Å². The maximum absolute atomic E-state index is 12.3. The van der Waals surface area contributed by atoms with E-state index in [0.29, 0.717) is 11.5 Å². The summed E-state index contributed by atoms with van der Waals surface area (Å²) in [5.74, 6) is 1.24. The predicted molar refractivity (Wildman–Crippen MR) is 103 cm³/mol. The molecular weight excluding hydrogens is 328 g/mol. The normalized spacial score (nSPS) is 14.2. The van der Waals surface area contributed by atoms with Crippen LogP contribution in [0, 0.1) is 0 Å². The largest absolute Gasteiger partial charge is 0.493 e. The quantitative estimate of drug-likeness (QED) is 0.827. The molecule has 1 aliphatic rings. The second kappa shape index (κ2) is 8.72. The van der Waals surface area contributed by atoms with E-state index in [2.05, 4.69) is 22.3 Å². The molecule has 0 saturated carbocycles. The summed E-state index contributed by atoms with van der Waals surface area (Å²) in [6.45, 7) is 3.35. The number of hydrogen-bond acceptors (Lipinski definition) is 4. The lowest BCUT2D eigenvalue weighted by Crippen LogP contribution is -2.18. The Labute approximate surface area is 154 Å². The van der Waals surface area contributed by atoms with Crippen LogP contribution in [0.2, 0.25) is 0 Å². The third kappa shape index (κ3) is 4.76. The molecule has 1 aliphatic heterocycles. The maximum Gasteiger partial charge on any atom is 0.228 e. The van der Waals surface area contributed by atoms with Crippen LogP contribution in [0.5, 0.6) is 11.5 Å². The zero-order chi connectivity index (χ0) is 18.4. The second-order valence-electron chi connectivity index (χ2n) is 6.59. The van der Waals surface area contributed by atoms with Crippen LogP contribution in [0.15, 0.2) is 42.5 Å². The molecule has 2 aromatic carbocycles.